The van der Waals surface area contributed by atoms with Gasteiger partial charge in [0.2, 0.25) is 0 Å². The second kappa shape index (κ2) is 5.61. The van der Waals surface area contributed by atoms with Crippen LogP contribution in [0.15, 0.2) is 18.2 Å². The molecule has 3 heteroatoms. The van der Waals surface area contributed by atoms with Crippen LogP contribution in [-0.4, -0.2) is 30.5 Å². The van der Waals surface area contributed by atoms with Crippen LogP contribution in [0, 0.1) is 11.8 Å². The molecule has 1 N–H and O–H groups in total. The Kier molecular flexibility index (Phi) is 4.13. The fourth-order valence-corrected chi connectivity index (χ4v) is 2.29. The molecular weight excluding hydrogens is 210 g/mol. The second-order valence-corrected chi connectivity index (χ2v) is 5.32. The molecule has 17 heavy (non-hydrogen) atoms. The van der Waals surface area contributed by atoms with Gasteiger partial charge in [-0.25, -0.2) is 0 Å². The first-order valence-electron chi connectivity index (χ1n) is 6.47. The zero-order valence-corrected chi connectivity index (χ0v) is 11.1. The molecule has 0 radical (unpaired) electrons. The van der Waals surface area contributed by atoms with Gasteiger partial charge >= 0.3 is 0 Å². The summed E-state index contributed by atoms with van der Waals surface area (Å²) in [7, 11) is 4.15. The standard InChI is InChI=1S/C14H23N3/c1-11-7-12(11)9-17(3)10-14-6-4-5-13(16-14)8-15-2/h4-6,11-12,15H,7-10H2,1-3H3. The van der Waals surface area contributed by atoms with E-state index < -0.39 is 0 Å². The first-order chi connectivity index (χ1) is 8.19. The Morgan fingerprint density at radius 1 is 1.41 bits per heavy atom. The van der Waals surface area contributed by atoms with Gasteiger partial charge in [-0.1, -0.05) is 13.0 Å². The van der Waals surface area contributed by atoms with Crippen molar-refractivity contribution in [3.05, 3.63) is 29.6 Å². The summed E-state index contributed by atoms with van der Waals surface area (Å²) in [5.74, 6) is 1.85. The van der Waals surface area contributed by atoms with E-state index in [2.05, 4.69) is 47.4 Å². The van der Waals surface area contributed by atoms with E-state index >= 15 is 0 Å². The predicted molar refractivity (Wildman–Crippen MR) is 70.6 cm³/mol. The summed E-state index contributed by atoms with van der Waals surface area (Å²) in [6.45, 7) is 5.35. The molecule has 1 heterocycles. The summed E-state index contributed by atoms with van der Waals surface area (Å²) in [6, 6.07) is 6.29. The van der Waals surface area contributed by atoms with Crippen molar-refractivity contribution >= 4 is 0 Å². The lowest BCUT2D eigenvalue weighted by atomic mass is 10.2. The van der Waals surface area contributed by atoms with Crippen LogP contribution in [0.3, 0.4) is 0 Å². The molecule has 1 fully saturated rings. The Bertz CT molecular complexity index is 364. The van der Waals surface area contributed by atoms with Gasteiger partial charge in [-0.15, -0.1) is 0 Å². The molecule has 2 unspecified atom stereocenters. The van der Waals surface area contributed by atoms with E-state index in [-0.39, 0.29) is 0 Å². The van der Waals surface area contributed by atoms with E-state index in [0.29, 0.717) is 0 Å². The summed E-state index contributed by atoms with van der Waals surface area (Å²) in [6.07, 6.45) is 1.40. The first-order valence-corrected chi connectivity index (χ1v) is 6.47. The number of nitrogens with zero attached hydrogens (tertiary/aromatic N) is 2. The number of pyridine rings is 1. The molecule has 1 aromatic heterocycles. The third-order valence-electron chi connectivity index (χ3n) is 3.48. The number of nitrogens with one attached hydrogen (secondary N) is 1. The largest absolute Gasteiger partial charge is 0.314 e. The molecule has 1 aromatic rings. The molecule has 2 rings (SSSR count). The number of rotatable bonds is 6. The molecule has 1 aliphatic rings. The monoisotopic (exact) mass is 233 g/mol. The van der Waals surface area contributed by atoms with Crippen LogP contribution in [0.2, 0.25) is 0 Å². The van der Waals surface area contributed by atoms with Crippen LogP contribution >= 0.6 is 0 Å². The fraction of sp³-hybridized carbons (Fsp3) is 0.643. The average Bonchev–Trinajstić information content (AvgIpc) is 2.94. The highest BCUT2D eigenvalue weighted by molar-refractivity contribution is 5.11. The van der Waals surface area contributed by atoms with E-state index in [1.165, 1.54) is 18.7 Å². The maximum absolute atomic E-state index is 4.65. The Hall–Kier alpha value is -0.930. The highest BCUT2D eigenvalue weighted by Crippen LogP contribution is 2.38. The van der Waals surface area contributed by atoms with Crippen LogP contribution in [0.5, 0.6) is 0 Å². The van der Waals surface area contributed by atoms with E-state index in [9.17, 15) is 0 Å². The van der Waals surface area contributed by atoms with Crippen molar-refractivity contribution in [3.63, 3.8) is 0 Å². The lowest BCUT2D eigenvalue weighted by Gasteiger charge is -2.16. The molecule has 0 saturated heterocycles. The van der Waals surface area contributed by atoms with Crippen molar-refractivity contribution in [2.45, 2.75) is 26.4 Å². The van der Waals surface area contributed by atoms with E-state index in [0.717, 1.165) is 30.6 Å². The SMILES string of the molecule is CNCc1cccc(CN(C)CC2CC2C)n1. The summed E-state index contributed by atoms with van der Waals surface area (Å²) in [4.78, 5) is 7.03. The molecule has 94 valence electrons. The quantitative estimate of drug-likeness (QED) is 0.813. The fourth-order valence-electron chi connectivity index (χ4n) is 2.29. The molecule has 0 spiro atoms. The Morgan fingerprint density at radius 3 is 2.76 bits per heavy atom. The third kappa shape index (κ3) is 3.79. The van der Waals surface area contributed by atoms with Crippen molar-refractivity contribution in [3.8, 4) is 0 Å². The van der Waals surface area contributed by atoms with E-state index in [1.807, 2.05) is 7.05 Å². The summed E-state index contributed by atoms with van der Waals surface area (Å²) in [5, 5.41) is 3.14. The maximum atomic E-state index is 4.65. The molecule has 0 aromatic carbocycles. The van der Waals surface area contributed by atoms with Crippen molar-refractivity contribution in [1.29, 1.82) is 0 Å². The Morgan fingerprint density at radius 2 is 2.12 bits per heavy atom. The molecule has 0 bridgehead atoms. The smallest absolute Gasteiger partial charge is 0.0547 e. The lowest BCUT2D eigenvalue weighted by molar-refractivity contribution is 0.304. The molecule has 1 aliphatic carbocycles. The molecule has 2 atom stereocenters. The minimum Gasteiger partial charge on any atom is -0.314 e. The van der Waals surface area contributed by atoms with Gasteiger partial charge in [0.05, 0.1) is 11.4 Å². The number of aromatic nitrogens is 1. The molecule has 0 amide bonds. The maximum Gasteiger partial charge on any atom is 0.0547 e. The molecule has 1 saturated carbocycles. The normalized spacial score (nSPS) is 23.1. The van der Waals surface area contributed by atoms with Crippen LogP contribution in [0.4, 0.5) is 0 Å². The molecule has 3 nitrogen and oxygen atoms in total. The van der Waals surface area contributed by atoms with Gasteiger partial charge in [0.15, 0.2) is 0 Å². The minimum atomic E-state index is 0.844. The van der Waals surface area contributed by atoms with E-state index in [1.54, 1.807) is 0 Å². The third-order valence-corrected chi connectivity index (χ3v) is 3.48. The van der Waals surface area contributed by atoms with Crippen molar-refractivity contribution < 1.29 is 0 Å². The van der Waals surface area contributed by atoms with Crippen molar-refractivity contribution in [2.75, 3.05) is 20.6 Å². The summed E-state index contributed by atoms with van der Waals surface area (Å²) < 4.78 is 0. The van der Waals surface area contributed by atoms with E-state index in [4.69, 9.17) is 0 Å². The second-order valence-electron chi connectivity index (χ2n) is 5.32. The van der Waals surface area contributed by atoms with Gasteiger partial charge in [0.25, 0.3) is 0 Å². The molecular formula is C14H23N3. The van der Waals surface area contributed by atoms with Gasteiger partial charge in [-0.3, -0.25) is 4.98 Å². The zero-order chi connectivity index (χ0) is 12.3. The van der Waals surface area contributed by atoms with Gasteiger partial charge in [-0.2, -0.15) is 0 Å². The summed E-state index contributed by atoms with van der Waals surface area (Å²) in [5.41, 5.74) is 2.30. The minimum absolute atomic E-state index is 0.844. The first kappa shape index (κ1) is 12.5. The van der Waals surface area contributed by atoms with Gasteiger partial charge in [-0.05, 0) is 44.5 Å². The van der Waals surface area contributed by atoms with Crippen LogP contribution < -0.4 is 5.32 Å². The van der Waals surface area contributed by atoms with Crippen LogP contribution in [0.25, 0.3) is 0 Å². The van der Waals surface area contributed by atoms with Gasteiger partial charge in [0.1, 0.15) is 0 Å². The van der Waals surface area contributed by atoms with Gasteiger partial charge in [0, 0.05) is 19.6 Å². The number of hydrogen-bond acceptors (Lipinski definition) is 3. The topological polar surface area (TPSA) is 28.2 Å². The zero-order valence-electron chi connectivity index (χ0n) is 11.1. The lowest BCUT2D eigenvalue weighted by Crippen LogP contribution is -2.22. The van der Waals surface area contributed by atoms with Crippen LogP contribution in [0.1, 0.15) is 24.7 Å². The highest BCUT2D eigenvalue weighted by Gasteiger charge is 2.32. The Balaban J connectivity index is 1.86. The highest BCUT2D eigenvalue weighted by atomic mass is 15.1. The average molecular weight is 233 g/mol. The summed E-state index contributed by atoms with van der Waals surface area (Å²) >= 11 is 0. The van der Waals surface area contributed by atoms with Crippen molar-refractivity contribution in [2.24, 2.45) is 11.8 Å². The van der Waals surface area contributed by atoms with Gasteiger partial charge < -0.3 is 10.2 Å². The van der Waals surface area contributed by atoms with Crippen molar-refractivity contribution in [1.82, 2.24) is 15.2 Å². The predicted octanol–water partition coefficient (Wildman–Crippen LogP) is 1.89. The Labute approximate surface area is 104 Å². The number of hydrogen-bond donors (Lipinski definition) is 1. The van der Waals surface area contributed by atoms with Crippen LogP contribution in [-0.2, 0) is 13.1 Å². The molecule has 0 aliphatic heterocycles.